The van der Waals surface area contributed by atoms with E-state index in [0.29, 0.717) is 4.34 Å². The molecule has 0 aromatic carbocycles. The first kappa shape index (κ1) is 14.7. The van der Waals surface area contributed by atoms with Gasteiger partial charge >= 0.3 is 0 Å². The van der Waals surface area contributed by atoms with Crippen LogP contribution in [-0.2, 0) is 9.59 Å². The predicted octanol–water partition coefficient (Wildman–Crippen LogP) is 2.90. The van der Waals surface area contributed by atoms with Gasteiger partial charge in [0.1, 0.15) is 0 Å². The number of nitrogens with zero attached hydrogens (tertiary/aromatic N) is 1. The van der Waals surface area contributed by atoms with Crippen molar-refractivity contribution in [2.75, 3.05) is 7.05 Å². The Morgan fingerprint density at radius 1 is 1.33 bits per heavy atom. The van der Waals surface area contributed by atoms with E-state index in [9.17, 15) is 9.59 Å². The van der Waals surface area contributed by atoms with Gasteiger partial charge in [0, 0.05) is 16.8 Å². The largest absolute Gasteiger partial charge is 0.293 e. The first-order valence-corrected chi connectivity index (χ1v) is 8.49. The third-order valence-electron chi connectivity index (χ3n) is 3.46. The van der Waals surface area contributed by atoms with E-state index < -0.39 is 6.04 Å². The summed E-state index contributed by atoms with van der Waals surface area (Å²) in [5, 5.41) is 5.30. The van der Waals surface area contributed by atoms with Crippen LogP contribution >= 0.6 is 34.3 Å². The zero-order chi connectivity index (χ0) is 15.0. The molecule has 0 aliphatic carbocycles. The minimum Gasteiger partial charge on any atom is -0.293 e. The average molecular weight is 341 g/mol. The number of thiophene rings is 2. The molecule has 1 saturated heterocycles. The molecular formula is C14H13ClN2O2S2. The van der Waals surface area contributed by atoms with E-state index in [1.54, 1.807) is 11.3 Å². The van der Waals surface area contributed by atoms with Crippen LogP contribution in [0.15, 0.2) is 29.6 Å². The van der Waals surface area contributed by atoms with E-state index in [1.165, 1.54) is 23.3 Å². The lowest BCUT2D eigenvalue weighted by Gasteiger charge is -2.19. The van der Waals surface area contributed by atoms with Crippen LogP contribution in [0, 0.1) is 0 Å². The monoisotopic (exact) mass is 340 g/mol. The fraction of sp³-hybridized carbons (Fsp3) is 0.286. The van der Waals surface area contributed by atoms with Crippen LogP contribution in [0.25, 0.3) is 0 Å². The molecule has 4 nitrogen and oxygen atoms in total. The van der Waals surface area contributed by atoms with Gasteiger partial charge in [0.15, 0.2) is 0 Å². The third-order valence-corrected chi connectivity index (χ3v) is 5.69. The van der Waals surface area contributed by atoms with Crippen LogP contribution in [0.4, 0.5) is 0 Å². The molecule has 1 fully saturated rings. The quantitative estimate of drug-likeness (QED) is 0.871. The molecule has 1 N–H and O–H groups in total. The number of rotatable bonds is 4. The number of imide groups is 1. The van der Waals surface area contributed by atoms with Gasteiger partial charge in [0.25, 0.3) is 0 Å². The van der Waals surface area contributed by atoms with Crippen molar-refractivity contribution in [1.82, 2.24) is 10.2 Å². The summed E-state index contributed by atoms with van der Waals surface area (Å²) >= 11 is 9.11. The van der Waals surface area contributed by atoms with E-state index in [1.807, 2.05) is 29.6 Å². The van der Waals surface area contributed by atoms with Gasteiger partial charge in [-0.1, -0.05) is 17.7 Å². The van der Waals surface area contributed by atoms with Crippen molar-refractivity contribution >= 4 is 46.1 Å². The minimum atomic E-state index is -0.476. The second-order valence-electron chi connectivity index (χ2n) is 4.80. The number of halogens is 1. The number of likely N-dealkylation sites (tertiary alicyclic amines) is 1. The van der Waals surface area contributed by atoms with Gasteiger partial charge in [-0.25, -0.2) is 0 Å². The maximum absolute atomic E-state index is 12.1. The van der Waals surface area contributed by atoms with Gasteiger partial charge in [-0.3, -0.25) is 19.8 Å². The lowest BCUT2D eigenvalue weighted by atomic mass is 10.1. The molecule has 0 saturated carbocycles. The summed E-state index contributed by atoms with van der Waals surface area (Å²) in [4.78, 5) is 27.1. The summed E-state index contributed by atoms with van der Waals surface area (Å²) in [5.41, 5.74) is 0. The van der Waals surface area contributed by atoms with Gasteiger partial charge in [0.05, 0.1) is 22.8 Å². The van der Waals surface area contributed by atoms with Crippen LogP contribution in [0.3, 0.4) is 0 Å². The summed E-state index contributed by atoms with van der Waals surface area (Å²) in [5.74, 6) is -0.323. The molecule has 2 aromatic heterocycles. The molecule has 2 aromatic rings. The van der Waals surface area contributed by atoms with E-state index in [2.05, 4.69) is 5.32 Å². The Hall–Kier alpha value is -1.21. The molecule has 7 heteroatoms. The SMILES string of the molecule is CN1C(=O)CC(NC(c2cccs2)c2ccc(Cl)s2)C1=O. The topological polar surface area (TPSA) is 49.4 Å². The van der Waals surface area contributed by atoms with E-state index in [-0.39, 0.29) is 24.3 Å². The maximum Gasteiger partial charge on any atom is 0.246 e. The number of carbonyl (C=O) groups excluding carboxylic acids is 2. The van der Waals surface area contributed by atoms with Gasteiger partial charge in [-0.05, 0) is 23.6 Å². The molecule has 3 rings (SSSR count). The Balaban J connectivity index is 1.87. The second-order valence-corrected chi connectivity index (χ2v) is 7.53. The molecule has 110 valence electrons. The smallest absolute Gasteiger partial charge is 0.246 e. The van der Waals surface area contributed by atoms with Crippen molar-refractivity contribution in [2.24, 2.45) is 0 Å². The molecule has 1 aliphatic rings. The zero-order valence-corrected chi connectivity index (χ0v) is 13.6. The lowest BCUT2D eigenvalue weighted by Crippen LogP contribution is -2.39. The highest BCUT2D eigenvalue weighted by Crippen LogP contribution is 2.34. The van der Waals surface area contributed by atoms with Crippen LogP contribution in [0.5, 0.6) is 0 Å². The van der Waals surface area contributed by atoms with Crippen molar-refractivity contribution < 1.29 is 9.59 Å². The molecule has 0 spiro atoms. The van der Waals surface area contributed by atoms with Gasteiger partial charge in [-0.2, -0.15) is 0 Å². The van der Waals surface area contributed by atoms with E-state index >= 15 is 0 Å². The fourth-order valence-electron chi connectivity index (χ4n) is 2.33. The summed E-state index contributed by atoms with van der Waals surface area (Å²) in [6.07, 6.45) is 0.205. The number of carbonyl (C=O) groups is 2. The maximum atomic E-state index is 12.1. The van der Waals surface area contributed by atoms with Gasteiger partial charge < -0.3 is 0 Å². The molecule has 2 atom stereocenters. The molecule has 0 radical (unpaired) electrons. The summed E-state index contributed by atoms with van der Waals surface area (Å²) in [7, 11) is 1.52. The number of amides is 2. The van der Waals surface area contributed by atoms with E-state index in [0.717, 1.165) is 9.75 Å². The number of likely N-dealkylation sites (N-methyl/N-ethyl adjacent to an activating group) is 1. The highest BCUT2D eigenvalue weighted by Gasteiger charge is 2.37. The molecule has 2 unspecified atom stereocenters. The highest BCUT2D eigenvalue weighted by atomic mass is 35.5. The Kier molecular flexibility index (Phi) is 4.12. The van der Waals surface area contributed by atoms with Crippen molar-refractivity contribution in [3.63, 3.8) is 0 Å². The van der Waals surface area contributed by atoms with Crippen molar-refractivity contribution in [1.29, 1.82) is 0 Å². The van der Waals surface area contributed by atoms with Crippen LogP contribution < -0.4 is 5.32 Å². The van der Waals surface area contributed by atoms with Crippen molar-refractivity contribution in [3.05, 3.63) is 43.7 Å². The number of hydrogen-bond donors (Lipinski definition) is 1. The Labute approximate surface area is 135 Å². The van der Waals surface area contributed by atoms with E-state index in [4.69, 9.17) is 11.6 Å². The molecule has 3 heterocycles. The summed E-state index contributed by atoms with van der Waals surface area (Å²) in [6, 6.07) is 7.19. The van der Waals surface area contributed by atoms with Gasteiger partial charge in [-0.15, -0.1) is 22.7 Å². The van der Waals surface area contributed by atoms with Gasteiger partial charge in [0.2, 0.25) is 11.8 Å². The fourth-order valence-corrected chi connectivity index (χ4v) is 4.35. The summed E-state index contributed by atoms with van der Waals surface area (Å²) in [6.45, 7) is 0. The van der Waals surface area contributed by atoms with Crippen molar-refractivity contribution in [2.45, 2.75) is 18.5 Å². The zero-order valence-electron chi connectivity index (χ0n) is 11.2. The molecular weight excluding hydrogens is 328 g/mol. The molecule has 21 heavy (non-hydrogen) atoms. The Morgan fingerprint density at radius 3 is 2.67 bits per heavy atom. The number of nitrogens with one attached hydrogen (secondary N) is 1. The summed E-state index contributed by atoms with van der Waals surface area (Å²) < 4.78 is 0.708. The molecule has 1 aliphatic heterocycles. The normalized spacial score (nSPS) is 20.3. The average Bonchev–Trinajstić information content (AvgIpc) is 3.16. The number of hydrogen-bond acceptors (Lipinski definition) is 5. The Morgan fingerprint density at radius 2 is 2.14 bits per heavy atom. The lowest BCUT2D eigenvalue weighted by molar-refractivity contribution is -0.137. The standard InChI is InChI=1S/C14H13ClN2O2S2/c1-17-12(18)7-8(14(17)19)16-13(9-3-2-6-20-9)10-4-5-11(15)21-10/h2-6,8,13,16H,7H2,1H3. The molecule has 2 amide bonds. The van der Waals surface area contributed by atoms with Crippen LogP contribution in [0.1, 0.15) is 22.2 Å². The first-order valence-electron chi connectivity index (χ1n) is 6.41. The first-order chi connectivity index (χ1) is 10.1. The minimum absolute atomic E-state index is 0.115. The van der Waals surface area contributed by atoms with Crippen LogP contribution in [-0.4, -0.2) is 29.8 Å². The third kappa shape index (κ3) is 2.89. The Bertz CT molecular complexity index is 668. The second kappa shape index (κ2) is 5.88. The molecule has 0 bridgehead atoms. The predicted molar refractivity (Wildman–Crippen MR) is 84.8 cm³/mol. The highest BCUT2D eigenvalue weighted by molar-refractivity contribution is 7.16. The van der Waals surface area contributed by atoms with Crippen molar-refractivity contribution in [3.8, 4) is 0 Å². The van der Waals surface area contributed by atoms with Crippen LogP contribution in [0.2, 0.25) is 4.34 Å².